The van der Waals surface area contributed by atoms with E-state index in [0.29, 0.717) is 0 Å². The molecule has 0 saturated carbocycles. The number of nitrogens with one attached hydrogen (secondary N) is 1. The van der Waals surface area contributed by atoms with E-state index < -0.39 is 20.0 Å². The van der Waals surface area contributed by atoms with Gasteiger partial charge in [-0.1, -0.05) is 13.8 Å². The lowest BCUT2D eigenvalue weighted by Gasteiger charge is -2.17. The van der Waals surface area contributed by atoms with Crippen LogP contribution in [0.2, 0.25) is 0 Å². The summed E-state index contributed by atoms with van der Waals surface area (Å²) in [5.74, 6) is 0.151. The number of hydrogen-bond acceptors (Lipinski definition) is 4. The molecule has 0 aliphatic heterocycles. The van der Waals surface area contributed by atoms with E-state index in [1.165, 1.54) is 24.3 Å². The topological polar surface area (TPSA) is 106 Å². The second-order valence-electron chi connectivity index (χ2n) is 4.67. The summed E-state index contributed by atoms with van der Waals surface area (Å²) in [5, 5.41) is 4.94. The zero-order valence-electron chi connectivity index (χ0n) is 11.0. The van der Waals surface area contributed by atoms with Gasteiger partial charge in [0.15, 0.2) is 0 Å². The van der Waals surface area contributed by atoms with E-state index in [1.807, 2.05) is 13.8 Å². The van der Waals surface area contributed by atoms with Crippen molar-refractivity contribution in [2.75, 3.05) is 0 Å². The molecule has 0 aromatic heterocycles. The quantitative estimate of drug-likeness (QED) is 0.833. The van der Waals surface area contributed by atoms with Gasteiger partial charge in [-0.3, -0.25) is 0 Å². The van der Waals surface area contributed by atoms with Crippen LogP contribution in [0.25, 0.3) is 0 Å². The molecule has 0 spiro atoms. The van der Waals surface area contributed by atoms with Gasteiger partial charge in [-0.25, -0.2) is 26.7 Å². The number of benzene rings is 1. The Balaban J connectivity index is 3.04. The number of hydrogen-bond donors (Lipinski definition) is 2. The second-order valence-corrected chi connectivity index (χ2v) is 7.95. The van der Waals surface area contributed by atoms with E-state index in [9.17, 15) is 16.8 Å². The van der Waals surface area contributed by atoms with E-state index in [2.05, 4.69) is 4.72 Å². The zero-order valence-corrected chi connectivity index (χ0v) is 12.6. The van der Waals surface area contributed by atoms with Crippen LogP contribution in [0.1, 0.15) is 20.8 Å². The van der Waals surface area contributed by atoms with Gasteiger partial charge in [0.2, 0.25) is 20.0 Å². The normalized spacial score (nSPS) is 14.6. The molecule has 1 unspecified atom stereocenters. The highest BCUT2D eigenvalue weighted by Gasteiger charge is 2.19. The van der Waals surface area contributed by atoms with Crippen molar-refractivity contribution in [3.8, 4) is 0 Å². The summed E-state index contributed by atoms with van der Waals surface area (Å²) in [5.41, 5.74) is 0. The van der Waals surface area contributed by atoms with Crippen molar-refractivity contribution in [2.45, 2.75) is 36.6 Å². The summed E-state index contributed by atoms with van der Waals surface area (Å²) in [6.45, 7) is 5.56. The Hall–Kier alpha value is -0.960. The van der Waals surface area contributed by atoms with Gasteiger partial charge in [0.25, 0.3) is 0 Å². The van der Waals surface area contributed by atoms with Gasteiger partial charge in [0, 0.05) is 6.04 Å². The average Bonchev–Trinajstić information content (AvgIpc) is 2.27. The van der Waals surface area contributed by atoms with E-state index in [4.69, 9.17) is 5.14 Å². The smallest absolute Gasteiger partial charge is 0.225 e. The molecule has 0 heterocycles. The standard InChI is InChI=1S/C11H18N2O4S2/c1-8(2)9(3)13-19(16,17)11-6-4-10(5-7-11)18(12,14)15/h4-9,13H,1-3H3,(H2,12,14,15). The summed E-state index contributed by atoms with van der Waals surface area (Å²) in [7, 11) is -7.47. The first-order chi connectivity index (χ1) is 8.54. The molecule has 1 rings (SSSR count). The van der Waals surface area contributed by atoms with E-state index >= 15 is 0 Å². The third-order valence-electron chi connectivity index (χ3n) is 2.80. The van der Waals surface area contributed by atoms with Crippen molar-refractivity contribution in [1.29, 1.82) is 0 Å². The van der Waals surface area contributed by atoms with E-state index in [-0.39, 0.29) is 21.8 Å². The summed E-state index contributed by atoms with van der Waals surface area (Å²) >= 11 is 0. The Bertz CT molecular complexity index is 634. The molecule has 8 heteroatoms. The Labute approximate surface area is 114 Å². The van der Waals surface area contributed by atoms with Gasteiger partial charge >= 0.3 is 0 Å². The third-order valence-corrected chi connectivity index (χ3v) is 5.31. The average molecular weight is 306 g/mol. The maximum absolute atomic E-state index is 12.0. The predicted octanol–water partition coefficient (Wildman–Crippen LogP) is 0.657. The second kappa shape index (κ2) is 5.58. The lowest BCUT2D eigenvalue weighted by atomic mass is 10.1. The van der Waals surface area contributed by atoms with Gasteiger partial charge in [0.1, 0.15) is 0 Å². The van der Waals surface area contributed by atoms with Crippen molar-refractivity contribution in [3.63, 3.8) is 0 Å². The highest BCUT2D eigenvalue weighted by Crippen LogP contribution is 2.14. The molecule has 6 nitrogen and oxygen atoms in total. The molecule has 0 saturated heterocycles. The van der Waals surface area contributed by atoms with Gasteiger partial charge in [-0.15, -0.1) is 0 Å². The van der Waals surface area contributed by atoms with Crippen LogP contribution in [0.4, 0.5) is 0 Å². The van der Waals surface area contributed by atoms with Crippen LogP contribution in [0.15, 0.2) is 34.1 Å². The summed E-state index contributed by atoms with van der Waals surface area (Å²) in [6.07, 6.45) is 0. The SMILES string of the molecule is CC(C)C(C)NS(=O)(=O)c1ccc(S(N)(=O)=O)cc1. The van der Waals surface area contributed by atoms with Crippen LogP contribution in [-0.4, -0.2) is 22.9 Å². The monoisotopic (exact) mass is 306 g/mol. The number of sulfonamides is 2. The van der Waals surface area contributed by atoms with Crippen molar-refractivity contribution in [2.24, 2.45) is 11.1 Å². The first-order valence-electron chi connectivity index (χ1n) is 5.69. The predicted molar refractivity (Wildman–Crippen MR) is 72.4 cm³/mol. The van der Waals surface area contributed by atoms with Crippen LogP contribution in [-0.2, 0) is 20.0 Å². The fraction of sp³-hybridized carbons (Fsp3) is 0.455. The van der Waals surface area contributed by atoms with Crippen LogP contribution in [0.5, 0.6) is 0 Å². The van der Waals surface area contributed by atoms with Crippen LogP contribution < -0.4 is 9.86 Å². The molecule has 0 aliphatic rings. The summed E-state index contributed by atoms with van der Waals surface area (Å²) < 4.78 is 48.7. The number of primary sulfonamides is 1. The number of rotatable bonds is 5. The molecule has 3 N–H and O–H groups in total. The third kappa shape index (κ3) is 4.27. The molecule has 0 amide bonds. The lowest BCUT2D eigenvalue weighted by molar-refractivity contribution is 0.476. The van der Waals surface area contributed by atoms with Gasteiger partial charge in [-0.2, -0.15) is 0 Å². The van der Waals surface area contributed by atoms with Crippen molar-refractivity contribution in [3.05, 3.63) is 24.3 Å². The maximum Gasteiger partial charge on any atom is 0.240 e. The maximum atomic E-state index is 12.0. The molecular weight excluding hydrogens is 288 g/mol. The van der Waals surface area contributed by atoms with E-state index in [0.717, 1.165) is 0 Å². The van der Waals surface area contributed by atoms with Crippen molar-refractivity contribution in [1.82, 2.24) is 4.72 Å². The van der Waals surface area contributed by atoms with Crippen LogP contribution >= 0.6 is 0 Å². The molecule has 0 fully saturated rings. The highest BCUT2D eigenvalue weighted by molar-refractivity contribution is 7.89. The fourth-order valence-corrected chi connectivity index (χ4v) is 3.16. The van der Waals surface area contributed by atoms with Crippen molar-refractivity contribution >= 4 is 20.0 Å². The van der Waals surface area contributed by atoms with Crippen LogP contribution in [0.3, 0.4) is 0 Å². The Kier molecular flexibility index (Phi) is 4.72. The highest BCUT2D eigenvalue weighted by atomic mass is 32.2. The first kappa shape index (κ1) is 16.1. The molecule has 108 valence electrons. The lowest BCUT2D eigenvalue weighted by Crippen LogP contribution is -2.36. The Morgan fingerprint density at radius 1 is 0.947 bits per heavy atom. The molecule has 0 radical (unpaired) electrons. The minimum absolute atomic E-state index is 0.00685. The summed E-state index contributed by atoms with van der Waals surface area (Å²) in [6, 6.07) is 4.56. The minimum atomic E-state index is -3.82. The molecule has 1 aromatic carbocycles. The zero-order chi connectivity index (χ0) is 14.8. The fourth-order valence-electron chi connectivity index (χ4n) is 1.26. The minimum Gasteiger partial charge on any atom is -0.225 e. The number of nitrogens with two attached hydrogens (primary N) is 1. The van der Waals surface area contributed by atoms with Gasteiger partial charge < -0.3 is 0 Å². The molecule has 0 aliphatic carbocycles. The first-order valence-corrected chi connectivity index (χ1v) is 8.72. The Morgan fingerprint density at radius 3 is 1.74 bits per heavy atom. The molecule has 1 aromatic rings. The largest absolute Gasteiger partial charge is 0.240 e. The molecule has 19 heavy (non-hydrogen) atoms. The molecule has 0 bridgehead atoms. The molecule has 1 atom stereocenters. The summed E-state index contributed by atoms with van der Waals surface area (Å²) in [4.78, 5) is -0.115. The van der Waals surface area contributed by atoms with Gasteiger partial charge in [-0.05, 0) is 37.1 Å². The van der Waals surface area contributed by atoms with Gasteiger partial charge in [0.05, 0.1) is 9.79 Å². The van der Waals surface area contributed by atoms with E-state index in [1.54, 1.807) is 6.92 Å². The van der Waals surface area contributed by atoms with Crippen LogP contribution in [0, 0.1) is 5.92 Å². The Morgan fingerprint density at radius 2 is 1.37 bits per heavy atom. The molecular formula is C11H18N2O4S2. The van der Waals surface area contributed by atoms with Crippen molar-refractivity contribution < 1.29 is 16.8 Å².